The molecule has 2 fully saturated rings. The number of anilines is 1. The highest BCUT2D eigenvalue weighted by atomic mass is 15.2. The summed E-state index contributed by atoms with van der Waals surface area (Å²) in [5, 5.41) is 3.79. The Morgan fingerprint density at radius 3 is 2.43 bits per heavy atom. The van der Waals surface area contributed by atoms with E-state index in [4.69, 9.17) is 9.97 Å². The summed E-state index contributed by atoms with van der Waals surface area (Å²) in [6, 6.07) is 16.6. The van der Waals surface area contributed by atoms with Crippen molar-refractivity contribution in [3.8, 4) is 11.4 Å². The Balaban J connectivity index is 1.32. The molecule has 154 valence electrons. The molecule has 0 radical (unpaired) electrons. The van der Waals surface area contributed by atoms with Crippen molar-refractivity contribution in [2.75, 3.05) is 5.32 Å². The topological polar surface area (TPSA) is 53.9 Å². The molecule has 2 aliphatic heterocycles. The summed E-state index contributed by atoms with van der Waals surface area (Å²) < 4.78 is 0. The maximum Gasteiger partial charge on any atom is 0.163 e. The maximum atomic E-state index is 4.88. The third-order valence-electron chi connectivity index (χ3n) is 6.74. The molecule has 5 nitrogen and oxygen atoms in total. The number of rotatable bonds is 5. The van der Waals surface area contributed by atoms with E-state index in [0.717, 1.165) is 35.0 Å². The minimum Gasteiger partial charge on any atom is -0.367 e. The van der Waals surface area contributed by atoms with Gasteiger partial charge in [-0.05, 0) is 57.2 Å². The Bertz CT molecular complexity index is 991. The lowest BCUT2D eigenvalue weighted by atomic mass is 9.96. The summed E-state index contributed by atoms with van der Waals surface area (Å²) in [4.78, 5) is 16.5. The second-order valence-electron chi connectivity index (χ2n) is 8.70. The Hall–Kier alpha value is -2.79. The molecular weight excluding hydrogens is 370 g/mol. The van der Waals surface area contributed by atoms with E-state index < -0.39 is 0 Å². The lowest BCUT2D eigenvalue weighted by Gasteiger charge is -2.39. The van der Waals surface area contributed by atoms with E-state index in [1.54, 1.807) is 6.20 Å². The number of hydrogen-bond acceptors (Lipinski definition) is 5. The number of benzene rings is 1. The number of nitrogens with zero attached hydrogens (tertiary/aromatic N) is 4. The van der Waals surface area contributed by atoms with E-state index in [-0.39, 0.29) is 0 Å². The van der Waals surface area contributed by atoms with Gasteiger partial charge in [0.15, 0.2) is 5.82 Å². The lowest BCUT2D eigenvalue weighted by Crippen LogP contribution is -2.46. The first-order chi connectivity index (χ1) is 14.7. The molecule has 5 heteroatoms. The van der Waals surface area contributed by atoms with Crippen molar-refractivity contribution in [3.05, 3.63) is 71.7 Å². The van der Waals surface area contributed by atoms with Crippen LogP contribution in [0.3, 0.4) is 0 Å². The fraction of sp³-hybridized carbons (Fsp3) is 0.400. The van der Waals surface area contributed by atoms with Crippen LogP contribution in [0.4, 0.5) is 5.82 Å². The number of aryl methyl sites for hydroxylation is 1. The Morgan fingerprint density at radius 1 is 0.967 bits per heavy atom. The summed E-state index contributed by atoms with van der Waals surface area (Å²) >= 11 is 0. The molecule has 30 heavy (non-hydrogen) atoms. The Kier molecular flexibility index (Phi) is 5.21. The lowest BCUT2D eigenvalue weighted by molar-refractivity contribution is 0.124. The summed E-state index contributed by atoms with van der Waals surface area (Å²) in [7, 11) is 0. The first-order valence-electron chi connectivity index (χ1n) is 11.0. The highest BCUT2D eigenvalue weighted by Gasteiger charge is 2.40. The molecule has 4 heterocycles. The number of piperidine rings is 1. The van der Waals surface area contributed by atoms with Gasteiger partial charge in [0, 0.05) is 53.9 Å². The summed E-state index contributed by atoms with van der Waals surface area (Å²) in [6.07, 6.45) is 8.57. The molecule has 2 saturated heterocycles. The van der Waals surface area contributed by atoms with Crippen LogP contribution in [0.15, 0.2) is 54.9 Å². The van der Waals surface area contributed by atoms with Gasteiger partial charge in [0.05, 0.1) is 0 Å². The number of aromatic nitrogens is 3. The van der Waals surface area contributed by atoms with Crippen molar-refractivity contribution in [3.63, 3.8) is 0 Å². The zero-order valence-corrected chi connectivity index (χ0v) is 17.8. The predicted octanol–water partition coefficient (Wildman–Crippen LogP) is 4.76. The summed E-state index contributed by atoms with van der Waals surface area (Å²) in [6.45, 7) is 5.25. The highest BCUT2D eigenvalue weighted by Crippen LogP contribution is 2.38. The average Bonchev–Trinajstić information content (AvgIpc) is 3.00. The van der Waals surface area contributed by atoms with Crippen LogP contribution in [-0.4, -0.2) is 38.0 Å². The van der Waals surface area contributed by atoms with Crippen molar-refractivity contribution in [2.45, 2.75) is 64.2 Å². The molecular formula is C25H29N5. The van der Waals surface area contributed by atoms with E-state index >= 15 is 0 Å². The monoisotopic (exact) mass is 399 g/mol. The van der Waals surface area contributed by atoms with Gasteiger partial charge in [-0.25, -0.2) is 9.97 Å². The van der Waals surface area contributed by atoms with Crippen LogP contribution in [0.25, 0.3) is 11.4 Å². The van der Waals surface area contributed by atoms with E-state index in [0.29, 0.717) is 18.1 Å². The molecule has 0 spiro atoms. The van der Waals surface area contributed by atoms with Gasteiger partial charge in [0.2, 0.25) is 0 Å². The van der Waals surface area contributed by atoms with Crippen LogP contribution < -0.4 is 5.32 Å². The van der Waals surface area contributed by atoms with Crippen LogP contribution in [0.5, 0.6) is 0 Å². The van der Waals surface area contributed by atoms with Gasteiger partial charge in [0.1, 0.15) is 5.82 Å². The van der Waals surface area contributed by atoms with Crippen molar-refractivity contribution in [2.24, 2.45) is 0 Å². The van der Waals surface area contributed by atoms with Crippen LogP contribution in [0, 0.1) is 13.8 Å². The van der Waals surface area contributed by atoms with Gasteiger partial charge in [0.25, 0.3) is 0 Å². The van der Waals surface area contributed by atoms with E-state index in [1.165, 1.54) is 31.2 Å². The van der Waals surface area contributed by atoms with Gasteiger partial charge >= 0.3 is 0 Å². The van der Waals surface area contributed by atoms with Crippen LogP contribution in [0.2, 0.25) is 0 Å². The largest absolute Gasteiger partial charge is 0.367 e. The Labute approximate surface area is 178 Å². The molecule has 2 bridgehead atoms. The number of hydrogen-bond donors (Lipinski definition) is 1. The molecule has 2 atom stereocenters. The molecule has 0 aliphatic carbocycles. The van der Waals surface area contributed by atoms with E-state index in [2.05, 4.69) is 59.4 Å². The molecule has 0 amide bonds. The fourth-order valence-electron chi connectivity index (χ4n) is 5.03. The van der Waals surface area contributed by atoms with Gasteiger partial charge in [-0.3, -0.25) is 9.88 Å². The molecule has 0 saturated carbocycles. The van der Waals surface area contributed by atoms with Gasteiger partial charge in [-0.2, -0.15) is 0 Å². The van der Waals surface area contributed by atoms with Crippen molar-refractivity contribution in [1.29, 1.82) is 0 Å². The second-order valence-corrected chi connectivity index (χ2v) is 8.70. The summed E-state index contributed by atoms with van der Waals surface area (Å²) in [5.74, 6) is 1.72. The van der Waals surface area contributed by atoms with Crippen LogP contribution >= 0.6 is 0 Å². The quantitative estimate of drug-likeness (QED) is 0.670. The molecule has 5 rings (SSSR count). The SMILES string of the molecule is Cc1nc(-c2cccnc2)nc(NC2CC3CCC(C2)N3Cc2ccccc2)c1C. The van der Waals surface area contributed by atoms with Crippen molar-refractivity contribution < 1.29 is 0 Å². The van der Waals surface area contributed by atoms with Gasteiger partial charge in [-0.1, -0.05) is 30.3 Å². The first kappa shape index (κ1) is 19.2. The Morgan fingerprint density at radius 2 is 1.73 bits per heavy atom. The molecule has 2 aromatic heterocycles. The smallest absolute Gasteiger partial charge is 0.163 e. The zero-order chi connectivity index (χ0) is 20.5. The molecule has 3 aromatic rings. The molecule has 2 unspecified atom stereocenters. The highest BCUT2D eigenvalue weighted by molar-refractivity contribution is 5.58. The van der Waals surface area contributed by atoms with Gasteiger partial charge in [-0.15, -0.1) is 0 Å². The second kappa shape index (κ2) is 8.15. The van der Waals surface area contributed by atoms with Crippen LogP contribution in [-0.2, 0) is 6.54 Å². The number of nitrogens with one attached hydrogen (secondary N) is 1. The standard InChI is InChI=1S/C25H29N5/c1-17-18(2)27-25(20-9-6-12-26-15-20)29-24(17)28-21-13-22-10-11-23(14-21)30(22)16-19-7-4-3-5-8-19/h3-9,12,15,21-23H,10-11,13-14,16H2,1-2H3,(H,27,28,29). The van der Waals surface area contributed by atoms with Crippen molar-refractivity contribution >= 4 is 5.82 Å². The third kappa shape index (κ3) is 3.82. The predicted molar refractivity (Wildman–Crippen MR) is 120 cm³/mol. The van der Waals surface area contributed by atoms with E-state index in [1.807, 2.05) is 18.3 Å². The zero-order valence-electron chi connectivity index (χ0n) is 17.8. The van der Waals surface area contributed by atoms with Crippen molar-refractivity contribution in [1.82, 2.24) is 19.9 Å². The minimum absolute atomic E-state index is 0.462. The third-order valence-corrected chi connectivity index (χ3v) is 6.74. The number of pyridine rings is 1. The minimum atomic E-state index is 0.462. The summed E-state index contributed by atoms with van der Waals surface area (Å²) in [5.41, 5.74) is 4.54. The first-order valence-corrected chi connectivity index (χ1v) is 11.0. The van der Waals surface area contributed by atoms with Gasteiger partial charge < -0.3 is 5.32 Å². The number of fused-ring (bicyclic) bond motifs is 2. The molecule has 1 N–H and O–H groups in total. The average molecular weight is 400 g/mol. The van der Waals surface area contributed by atoms with Crippen LogP contribution in [0.1, 0.15) is 42.5 Å². The maximum absolute atomic E-state index is 4.88. The fourth-order valence-corrected chi connectivity index (χ4v) is 5.03. The normalized spacial score (nSPS) is 23.5. The molecule has 1 aromatic carbocycles. The molecule has 2 aliphatic rings. The van der Waals surface area contributed by atoms with E-state index in [9.17, 15) is 0 Å².